The van der Waals surface area contributed by atoms with E-state index in [0.29, 0.717) is 24.2 Å². The Kier molecular flexibility index (Phi) is 9.82. The highest BCUT2D eigenvalue weighted by Gasteiger charge is 2.43. The Bertz CT molecular complexity index is 588. The molecule has 0 bridgehead atoms. The van der Waals surface area contributed by atoms with Crippen LogP contribution in [0.3, 0.4) is 0 Å². The molecule has 2 rings (SSSR count). The molecule has 2 N–H and O–H groups in total. The van der Waals surface area contributed by atoms with Gasteiger partial charge < -0.3 is 19.7 Å². The van der Waals surface area contributed by atoms with Crippen LogP contribution in [-0.2, 0) is 19.1 Å². The lowest BCUT2D eigenvalue weighted by Crippen LogP contribution is -2.44. The fourth-order valence-corrected chi connectivity index (χ4v) is 5.04. The zero-order valence-corrected chi connectivity index (χ0v) is 19.0. The van der Waals surface area contributed by atoms with E-state index >= 15 is 0 Å². The van der Waals surface area contributed by atoms with Crippen LogP contribution in [0.5, 0.6) is 0 Å². The summed E-state index contributed by atoms with van der Waals surface area (Å²) < 4.78 is 10.6. The lowest BCUT2D eigenvalue weighted by Gasteiger charge is -2.46. The second-order valence-corrected chi connectivity index (χ2v) is 9.27. The van der Waals surface area contributed by atoms with Gasteiger partial charge in [-0.05, 0) is 62.7 Å². The Morgan fingerprint density at radius 1 is 1.17 bits per heavy atom. The maximum atomic E-state index is 12.5. The van der Waals surface area contributed by atoms with Gasteiger partial charge in [0, 0.05) is 5.92 Å². The summed E-state index contributed by atoms with van der Waals surface area (Å²) in [6, 6.07) is 0. The molecular weight excluding hydrogens is 384 g/mol. The molecule has 0 aromatic rings. The number of esters is 2. The van der Waals surface area contributed by atoms with Gasteiger partial charge in [0.25, 0.3) is 0 Å². The molecule has 0 saturated heterocycles. The smallest absolute Gasteiger partial charge is 0.308 e. The van der Waals surface area contributed by atoms with Crippen LogP contribution in [0.25, 0.3) is 0 Å². The number of allylic oxidation sites excluding steroid dienone is 2. The van der Waals surface area contributed by atoms with Crippen LogP contribution in [0, 0.1) is 29.6 Å². The zero-order valence-electron chi connectivity index (χ0n) is 19.0. The molecule has 2 aliphatic carbocycles. The molecule has 6 heteroatoms. The van der Waals surface area contributed by atoms with E-state index in [4.69, 9.17) is 4.74 Å². The second-order valence-electron chi connectivity index (χ2n) is 9.27. The first kappa shape index (κ1) is 24.9. The average Bonchev–Trinajstić information content (AvgIpc) is 2.72. The second kappa shape index (κ2) is 11.8. The Labute approximate surface area is 181 Å². The van der Waals surface area contributed by atoms with Crippen molar-refractivity contribution in [1.82, 2.24) is 0 Å². The minimum atomic E-state index is -0.900. The number of rotatable bonds is 10. The molecule has 0 aliphatic heterocycles. The molecule has 0 amide bonds. The minimum absolute atomic E-state index is 0.0651. The van der Waals surface area contributed by atoms with E-state index in [9.17, 15) is 19.8 Å². The predicted octanol–water partition coefficient (Wildman–Crippen LogP) is 3.64. The summed E-state index contributed by atoms with van der Waals surface area (Å²) in [6.45, 7) is 6.11. The first-order valence-corrected chi connectivity index (χ1v) is 11.6. The molecule has 6 nitrogen and oxygen atoms in total. The third kappa shape index (κ3) is 6.81. The normalized spacial score (nSPS) is 31.3. The molecule has 0 radical (unpaired) electrons. The highest BCUT2D eigenvalue weighted by Crippen LogP contribution is 2.46. The van der Waals surface area contributed by atoms with E-state index in [0.717, 1.165) is 32.1 Å². The fourth-order valence-electron chi connectivity index (χ4n) is 5.04. The number of hydrogen-bond donors (Lipinski definition) is 2. The van der Waals surface area contributed by atoms with Gasteiger partial charge in [-0.15, -0.1) is 0 Å². The summed E-state index contributed by atoms with van der Waals surface area (Å²) >= 11 is 0. The summed E-state index contributed by atoms with van der Waals surface area (Å²) in [4.78, 5) is 23.7. The van der Waals surface area contributed by atoms with Gasteiger partial charge in [-0.1, -0.05) is 32.9 Å². The van der Waals surface area contributed by atoms with Crippen molar-refractivity contribution in [1.29, 1.82) is 0 Å². The highest BCUT2D eigenvalue weighted by atomic mass is 16.5. The van der Waals surface area contributed by atoms with Crippen LogP contribution < -0.4 is 0 Å². The maximum Gasteiger partial charge on any atom is 0.308 e. The Hall–Kier alpha value is -1.40. The van der Waals surface area contributed by atoms with E-state index in [1.807, 2.05) is 13.8 Å². The summed E-state index contributed by atoms with van der Waals surface area (Å²) in [5.41, 5.74) is 0. The van der Waals surface area contributed by atoms with Crippen LogP contribution in [0.15, 0.2) is 12.2 Å². The number of aliphatic hydroxyl groups is 2. The molecule has 30 heavy (non-hydrogen) atoms. The van der Waals surface area contributed by atoms with Crippen molar-refractivity contribution in [2.45, 2.75) is 90.4 Å². The number of aliphatic hydroxyl groups excluding tert-OH is 2. The van der Waals surface area contributed by atoms with E-state index in [1.165, 1.54) is 7.11 Å². The maximum absolute atomic E-state index is 12.5. The van der Waals surface area contributed by atoms with Crippen molar-refractivity contribution in [3.8, 4) is 0 Å². The van der Waals surface area contributed by atoms with Crippen LogP contribution in [0.1, 0.15) is 72.1 Å². The topological polar surface area (TPSA) is 93.1 Å². The van der Waals surface area contributed by atoms with Gasteiger partial charge in [-0.3, -0.25) is 9.59 Å². The Morgan fingerprint density at radius 2 is 1.90 bits per heavy atom. The lowest BCUT2D eigenvalue weighted by atomic mass is 9.62. The van der Waals surface area contributed by atoms with Gasteiger partial charge in [-0.2, -0.15) is 0 Å². The quantitative estimate of drug-likeness (QED) is 0.411. The molecular formula is C24H40O6. The number of carbonyl (C=O) groups is 2. The molecule has 1 fully saturated rings. The molecule has 8 atom stereocenters. The van der Waals surface area contributed by atoms with E-state index in [1.54, 1.807) is 0 Å². The third-order valence-corrected chi connectivity index (χ3v) is 7.07. The van der Waals surface area contributed by atoms with Crippen LogP contribution in [-0.4, -0.2) is 47.6 Å². The molecule has 0 aromatic heterocycles. The van der Waals surface area contributed by atoms with Gasteiger partial charge in [-0.25, -0.2) is 0 Å². The number of ether oxygens (including phenoxy) is 2. The van der Waals surface area contributed by atoms with Gasteiger partial charge in [0.1, 0.15) is 6.10 Å². The predicted molar refractivity (Wildman–Crippen MR) is 114 cm³/mol. The van der Waals surface area contributed by atoms with Crippen molar-refractivity contribution < 1.29 is 29.3 Å². The van der Waals surface area contributed by atoms with Crippen molar-refractivity contribution in [2.24, 2.45) is 29.6 Å². The van der Waals surface area contributed by atoms with Crippen LogP contribution >= 0.6 is 0 Å². The third-order valence-electron chi connectivity index (χ3n) is 7.07. The summed E-state index contributed by atoms with van der Waals surface area (Å²) in [5, 5.41) is 20.4. The molecule has 0 aromatic carbocycles. The highest BCUT2D eigenvalue weighted by molar-refractivity contribution is 5.72. The summed E-state index contributed by atoms with van der Waals surface area (Å²) in [5.74, 6) is 0.699. The minimum Gasteiger partial charge on any atom is -0.469 e. The summed E-state index contributed by atoms with van der Waals surface area (Å²) in [6.07, 6.45) is 8.19. The standard InChI is InChI=1S/C24H40O6/c1-5-15(2)24(28)30-21-8-6-7-17-10-9-16(3)20(23(17)21)12-11-18(25)13-19(26)14-22(27)29-4/h9-10,15-21,23,25-26H,5-8,11-14H2,1-4H3/t15-,16+,17-,18-,19-,20+,21+,23+/m0/s1. The monoisotopic (exact) mass is 424 g/mol. The van der Waals surface area contributed by atoms with Crippen molar-refractivity contribution in [2.75, 3.05) is 7.11 Å². The molecule has 172 valence electrons. The Morgan fingerprint density at radius 3 is 2.57 bits per heavy atom. The Balaban J connectivity index is 1.99. The number of fused-ring (bicyclic) bond motifs is 1. The van der Waals surface area contributed by atoms with Gasteiger partial charge in [0.2, 0.25) is 0 Å². The lowest BCUT2D eigenvalue weighted by molar-refractivity contribution is -0.162. The van der Waals surface area contributed by atoms with Gasteiger partial charge in [0.05, 0.1) is 31.7 Å². The summed E-state index contributed by atoms with van der Waals surface area (Å²) in [7, 11) is 1.29. The van der Waals surface area contributed by atoms with Gasteiger partial charge in [0.15, 0.2) is 0 Å². The van der Waals surface area contributed by atoms with Crippen LogP contribution in [0.4, 0.5) is 0 Å². The van der Waals surface area contributed by atoms with Crippen molar-refractivity contribution >= 4 is 11.9 Å². The van der Waals surface area contributed by atoms with E-state index in [2.05, 4.69) is 23.8 Å². The zero-order chi connectivity index (χ0) is 22.3. The first-order chi connectivity index (χ1) is 14.3. The van der Waals surface area contributed by atoms with Gasteiger partial charge >= 0.3 is 11.9 Å². The fraction of sp³-hybridized carbons (Fsp3) is 0.833. The number of methoxy groups -OCH3 is 1. The largest absolute Gasteiger partial charge is 0.469 e. The van der Waals surface area contributed by atoms with E-state index < -0.39 is 18.2 Å². The average molecular weight is 425 g/mol. The number of hydrogen-bond acceptors (Lipinski definition) is 6. The first-order valence-electron chi connectivity index (χ1n) is 11.6. The van der Waals surface area contributed by atoms with E-state index in [-0.39, 0.29) is 36.8 Å². The van der Waals surface area contributed by atoms with Crippen molar-refractivity contribution in [3.05, 3.63) is 12.2 Å². The molecule has 0 spiro atoms. The SMILES string of the molecule is CC[C@H](C)C(=O)O[C@@H]1CCC[C@H]2C=C[C@@H](C)[C@@H](CC[C@H](O)C[C@H](O)CC(=O)OC)[C@@H]21. The molecule has 1 saturated carbocycles. The molecule has 0 heterocycles. The molecule has 2 aliphatic rings. The molecule has 0 unspecified atom stereocenters. The number of carbonyl (C=O) groups excluding carboxylic acids is 2. The van der Waals surface area contributed by atoms with Crippen molar-refractivity contribution in [3.63, 3.8) is 0 Å². The van der Waals surface area contributed by atoms with Crippen LogP contribution in [0.2, 0.25) is 0 Å².